The van der Waals surface area contributed by atoms with E-state index in [1.807, 2.05) is 6.92 Å². The van der Waals surface area contributed by atoms with E-state index in [9.17, 15) is 13.2 Å². The summed E-state index contributed by atoms with van der Waals surface area (Å²) in [6.07, 6.45) is 0. The van der Waals surface area contributed by atoms with Gasteiger partial charge in [0.05, 0.1) is 24.3 Å². The number of benzene rings is 3. The van der Waals surface area contributed by atoms with Crippen LogP contribution in [-0.2, 0) is 10.0 Å². The molecule has 0 heterocycles. The predicted molar refractivity (Wildman–Crippen MR) is 121 cm³/mol. The van der Waals surface area contributed by atoms with Crippen LogP contribution in [0, 0.1) is 6.92 Å². The molecule has 0 aromatic heterocycles. The van der Waals surface area contributed by atoms with Crippen molar-refractivity contribution in [3.05, 3.63) is 77.9 Å². The molecule has 8 heteroatoms. The summed E-state index contributed by atoms with van der Waals surface area (Å²) in [4.78, 5) is 12.6. The molecule has 7 nitrogen and oxygen atoms in total. The van der Waals surface area contributed by atoms with Gasteiger partial charge >= 0.3 is 0 Å². The molecule has 3 rings (SSSR count). The molecule has 1 amide bonds. The zero-order valence-electron chi connectivity index (χ0n) is 17.5. The first-order valence-corrected chi connectivity index (χ1v) is 11.1. The van der Waals surface area contributed by atoms with Crippen molar-refractivity contribution in [2.45, 2.75) is 18.7 Å². The van der Waals surface area contributed by atoms with E-state index in [-0.39, 0.29) is 10.8 Å². The molecule has 0 unspecified atom stereocenters. The highest BCUT2D eigenvalue weighted by Gasteiger charge is 2.20. The van der Waals surface area contributed by atoms with Gasteiger partial charge < -0.3 is 14.8 Å². The van der Waals surface area contributed by atoms with Crippen molar-refractivity contribution in [1.29, 1.82) is 0 Å². The maximum Gasteiger partial charge on any atom is 0.262 e. The summed E-state index contributed by atoms with van der Waals surface area (Å²) in [5, 5.41) is 2.74. The van der Waals surface area contributed by atoms with Gasteiger partial charge in [-0.15, -0.1) is 0 Å². The Kier molecular flexibility index (Phi) is 6.81. The minimum absolute atomic E-state index is 0.0582. The Morgan fingerprint density at radius 3 is 2.39 bits per heavy atom. The summed E-state index contributed by atoms with van der Waals surface area (Å²) in [6.45, 7) is 4.11. The number of hydrogen-bond acceptors (Lipinski definition) is 5. The van der Waals surface area contributed by atoms with Gasteiger partial charge in [0, 0.05) is 11.3 Å². The first-order chi connectivity index (χ1) is 14.8. The average molecular weight is 441 g/mol. The van der Waals surface area contributed by atoms with Crippen molar-refractivity contribution in [3.8, 4) is 11.5 Å². The number of para-hydroxylation sites is 2. The van der Waals surface area contributed by atoms with Crippen LogP contribution < -0.4 is 19.5 Å². The summed E-state index contributed by atoms with van der Waals surface area (Å²) in [7, 11) is -2.44. The van der Waals surface area contributed by atoms with Crippen LogP contribution in [0.1, 0.15) is 22.8 Å². The summed E-state index contributed by atoms with van der Waals surface area (Å²) in [5.74, 6) is 0.724. The number of nitrogens with one attached hydrogen (secondary N) is 2. The van der Waals surface area contributed by atoms with Crippen LogP contribution in [0.3, 0.4) is 0 Å². The summed E-state index contributed by atoms with van der Waals surface area (Å²) >= 11 is 0. The highest BCUT2D eigenvalue weighted by molar-refractivity contribution is 7.92. The lowest BCUT2D eigenvalue weighted by molar-refractivity contribution is 0.102. The number of methoxy groups -OCH3 is 1. The third kappa shape index (κ3) is 5.35. The second-order valence-corrected chi connectivity index (χ2v) is 8.35. The first kappa shape index (κ1) is 22.2. The molecule has 0 aliphatic rings. The molecule has 0 saturated carbocycles. The molecule has 3 aromatic carbocycles. The number of amides is 1. The molecule has 0 saturated heterocycles. The molecule has 0 fully saturated rings. The lowest BCUT2D eigenvalue weighted by atomic mass is 10.2. The van der Waals surface area contributed by atoms with Gasteiger partial charge in [0.1, 0.15) is 11.5 Å². The van der Waals surface area contributed by atoms with E-state index >= 15 is 0 Å². The molecule has 0 aliphatic carbocycles. The Morgan fingerprint density at radius 2 is 1.71 bits per heavy atom. The molecule has 0 bridgehead atoms. The molecule has 2 N–H and O–H groups in total. The van der Waals surface area contributed by atoms with Gasteiger partial charge in [-0.3, -0.25) is 9.52 Å². The minimum Gasteiger partial charge on any atom is -0.495 e. The average Bonchev–Trinajstić information content (AvgIpc) is 2.76. The summed E-state index contributed by atoms with van der Waals surface area (Å²) in [6, 6.07) is 18.2. The standard InChI is InChI=1S/C23H24N2O5S/c1-4-30-19-13-10-17(11-14-19)23(26)24-18-12-9-16(2)22(15-18)31(27,28)25-20-7-5-6-8-21(20)29-3/h5-15,25H,4H2,1-3H3,(H,24,26). The van der Waals surface area contributed by atoms with E-state index in [0.717, 1.165) is 0 Å². The Labute approximate surface area is 182 Å². The van der Waals surface area contributed by atoms with E-state index in [0.29, 0.717) is 40.6 Å². The Bertz CT molecular complexity index is 1170. The molecule has 3 aromatic rings. The minimum atomic E-state index is -3.91. The zero-order valence-corrected chi connectivity index (χ0v) is 18.3. The summed E-state index contributed by atoms with van der Waals surface area (Å²) in [5.41, 5.74) is 1.67. The Balaban J connectivity index is 1.83. The van der Waals surface area contributed by atoms with Gasteiger partial charge in [-0.1, -0.05) is 18.2 Å². The van der Waals surface area contributed by atoms with Gasteiger partial charge in [0.2, 0.25) is 0 Å². The predicted octanol–water partition coefficient (Wildman–Crippen LogP) is 4.46. The van der Waals surface area contributed by atoms with Crippen molar-refractivity contribution < 1.29 is 22.7 Å². The molecule has 31 heavy (non-hydrogen) atoms. The molecule has 0 atom stereocenters. The molecule has 0 radical (unpaired) electrons. The molecule has 162 valence electrons. The molecular weight excluding hydrogens is 416 g/mol. The Hall–Kier alpha value is -3.52. The van der Waals surface area contributed by atoms with Gasteiger partial charge in [-0.05, 0) is 67.9 Å². The van der Waals surface area contributed by atoms with Crippen LogP contribution >= 0.6 is 0 Å². The molecular formula is C23H24N2O5S. The van der Waals surface area contributed by atoms with Crippen molar-refractivity contribution in [3.63, 3.8) is 0 Å². The lowest BCUT2D eigenvalue weighted by Gasteiger charge is -2.14. The van der Waals surface area contributed by atoms with Gasteiger partial charge in [0.25, 0.3) is 15.9 Å². The molecule has 0 spiro atoms. The van der Waals surface area contributed by atoms with E-state index in [1.165, 1.54) is 13.2 Å². The number of aryl methyl sites for hydroxylation is 1. The zero-order chi connectivity index (χ0) is 22.4. The van der Waals surface area contributed by atoms with Crippen LogP contribution in [0.5, 0.6) is 11.5 Å². The topological polar surface area (TPSA) is 93.7 Å². The monoisotopic (exact) mass is 440 g/mol. The third-order valence-electron chi connectivity index (χ3n) is 4.51. The third-order valence-corrected chi connectivity index (χ3v) is 6.02. The van der Waals surface area contributed by atoms with Gasteiger partial charge in [0.15, 0.2) is 0 Å². The second-order valence-electron chi connectivity index (χ2n) is 6.70. The van der Waals surface area contributed by atoms with Crippen molar-refractivity contribution >= 4 is 27.3 Å². The fourth-order valence-electron chi connectivity index (χ4n) is 2.97. The van der Waals surface area contributed by atoms with Crippen molar-refractivity contribution in [1.82, 2.24) is 0 Å². The van der Waals surface area contributed by atoms with Gasteiger partial charge in [-0.2, -0.15) is 0 Å². The second kappa shape index (κ2) is 9.53. The van der Waals surface area contributed by atoms with Crippen LogP contribution in [0.2, 0.25) is 0 Å². The lowest BCUT2D eigenvalue weighted by Crippen LogP contribution is -2.16. The van der Waals surface area contributed by atoms with Crippen LogP contribution in [0.25, 0.3) is 0 Å². The van der Waals surface area contributed by atoms with Gasteiger partial charge in [-0.25, -0.2) is 8.42 Å². The fourth-order valence-corrected chi connectivity index (χ4v) is 4.31. The first-order valence-electron chi connectivity index (χ1n) is 9.64. The van der Waals surface area contributed by atoms with Crippen molar-refractivity contribution in [2.24, 2.45) is 0 Å². The fraction of sp³-hybridized carbons (Fsp3) is 0.174. The largest absolute Gasteiger partial charge is 0.495 e. The number of carbonyl (C=O) groups excluding carboxylic acids is 1. The van der Waals surface area contributed by atoms with Crippen LogP contribution in [-0.4, -0.2) is 28.0 Å². The quantitative estimate of drug-likeness (QED) is 0.540. The number of ether oxygens (including phenoxy) is 2. The number of rotatable bonds is 8. The summed E-state index contributed by atoms with van der Waals surface area (Å²) < 4.78 is 39.1. The van der Waals surface area contributed by atoms with Crippen LogP contribution in [0.15, 0.2) is 71.6 Å². The number of sulfonamides is 1. The van der Waals surface area contributed by atoms with Crippen LogP contribution in [0.4, 0.5) is 11.4 Å². The highest BCUT2D eigenvalue weighted by atomic mass is 32.2. The highest BCUT2D eigenvalue weighted by Crippen LogP contribution is 2.28. The van der Waals surface area contributed by atoms with E-state index in [1.54, 1.807) is 67.6 Å². The molecule has 0 aliphatic heterocycles. The Morgan fingerprint density at radius 1 is 1.00 bits per heavy atom. The van der Waals surface area contributed by atoms with E-state index in [2.05, 4.69) is 10.0 Å². The van der Waals surface area contributed by atoms with Crippen molar-refractivity contribution in [2.75, 3.05) is 23.8 Å². The van der Waals surface area contributed by atoms with E-state index in [4.69, 9.17) is 9.47 Å². The maximum atomic E-state index is 13.0. The smallest absolute Gasteiger partial charge is 0.262 e. The van der Waals surface area contributed by atoms with E-state index < -0.39 is 10.0 Å². The number of carbonyl (C=O) groups is 1. The number of hydrogen-bond donors (Lipinski definition) is 2. The SMILES string of the molecule is CCOc1ccc(C(=O)Nc2ccc(C)c(S(=O)(=O)Nc3ccccc3OC)c2)cc1. The maximum absolute atomic E-state index is 13.0. The number of anilines is 2. The normalized spacial score (nSPS) is 10.9.